The summed E-state index contributed by atoms with van der Waals surface area (Å²) in [5.74, 6) is 1.06. The maximum atomic E-state index is 5.96. The number of hydrogen-bond donors (Lipinski definition) is 1. The number of rotatable bonds is 4. The van der Waals surface area contributed by atoms with E-state index in [4.69, 9.17) is 4.74 Å². The monoisotopic (exact) mass is 248 g/mol. The summed E-state index contributed by atoms with van der Waals surface area (Å²) in [6.45, 7) is 11.6. The van der Waals surface area contributed by atoms with Crippen LogP contribution in [0.3, 0.4) is 0 Å². The Bertz CT molecular complexity index is 372. The smallest absolute Gasteiger partial charge is 0.125 e. The van der Waals surface area contributed by atoms with E-state index in [9.17, 15) is 0 Å². The Morgan fingerprint density at radius 2 is 2.06 bits per heavy atom. The first-order chi connectivity index (χ1) is 8.68. The highest BCUT2D eigenvalue weighted by molar-refractivity contribution is 5.39. The van der Waals surface area contributed by atoms with Crippen LogP contribution in [-0.2, 0) is 0 Å². The zero-order chi connectivity index (χ0) is 13.0. The third-order valence-corrected chi connectivity index (χ3v) is 3.67. The molecular weight excluding hydrogens is 224 g/mol. The van der Waals surface area contributed by atoms with Gasteiger partial charge in [0.15, 0.2) is 0 Å². The van der Waals surface area contributed by atoms with Gasteiger partial charge in [0, 0.05) is 32.2 Å². The number of hydrogen-bond acceptors (Lipinski definition) is 3. The Kier molecular flexibility index (Phi) is 4.61. The van der Waals surface area contributed by atoms with Crippen LogP contribution in [-0.4, -0.2) is 43.7 Å². The molecule has 100 valence electrons. The van der Waals surface area contributed by atoms with E-state index >= 15 is 0 Å². The molecule has 18 heavy (non-hydrogen) atoms. The average Bonchev–Trinajstić information content (AvgIpc) is 2.35. The molecule has 1 aliphatic heterocycles. The fourth-order valence-corrected chi connectivity index (χ4v) is 2.51. The third-order valence-electron chi connectivity index (χ3n) is 3.67. The van der Waals surface area contributed by atoms with Crippen LogP contribution in [0.2, 0.25) is 0 Å². The SMILES string of the molecule is Cc1cccc(C)c1OCCN1CCNC[C@@H]1C. The van der Waals surface area contributed by atoms with Gasteiger partial charge in [0.25, 0.3) is 0 Å². The Morgan fingerprint density at radius 1 is 1.33 bits per heavy atom. The van der Waals surface area contributed by atoms with Gasteiger partial charge in [-0.3, -0.25) is 4.90 Å². The van der Waals surface area contributed by atoms with Crippen LogP contribution in [0.25, 0.3) is 0 Å². The molecule has 3 heteroatoms. The fraction of sp³-hybridized carbons (Fsp3) is 0.600. The second-order valence-electron chi connectivity index (χ2n) is 5.16. The minimum absolute atomic E-state index is 0.611. The first-order valence-corrected chi connectivity index (χ1v) is 6.82. The molecule has 1 saturated heterocycles. The van der Waals surface area contributed by atoms with Crippen LogP contribution < -0.4 is 10.1 Å². The molecule has 0 amide bonds. The quantitative estimate of drug-likeness (QED) is 0.882. The minimum Gasteiger partial charge on any atom is -0.492 e. The highest BCUT2D eigenvalue weighted by Gasteiger charge is 2.17. The highest BCUT2D eigenvalue weighted by atomic mass is 16.5. The van der Waals surface area contributed by atoms with Crippen LogP contribution >= 0.6 is 0 Å². The summed E-state index contributed by atoms with van der Waals surface area (Å²) < 4.78 is 5.96. The standard InChI is InChI=1S/C15H24N2O/c1-12-5-4-6-13(2)15(12)18-10-9-17-8-7-16-11-14(17)3/h4-6,14,16H,7-11H2,1-3H3/t14-/m0/s1. The maximum absolute atomic E-state index is 5.96. The zero-order valence-electron chi connectivity index (χ0n) is 11.7. The molecule has 3 nitrogen and oxygen atoms in total. The second-order valence-corrected chi connectivity index (χ2v) is 5.16. The van der Waals surface area contributed by atoms with Gasteiger partial charge in [0.05, 0.1) is 0 Å². The van der Waals surface area contributed by atoms with Gasteiger partial charge in [-0.25, -0.2) is 0 Å². The van der Waals surface area contributed by atoms with Gasteiger partial charge in [-0.2, -0.15) is 0 Å². The predicted octanol–water partition coefficient (Wildman–Crippen LogP) is 1.98. The molecule has 1 aromatic rings. The first-order valence-electron chi connectivity index (χ1n) is 6.82. The Labute approximate surface area is 110 Å². The van der Waals surface area contributed by atoms with Gasteiger partial charge in [-0.1, -0.05) is 18.2 Å². The number of nitrogens with one attached hydrogen (secondary N) is 1. The van der Waals surface area contributed by atoms with Crippen molar-refractivity contribution in [1.82, 2.24) is 10.2 Å². The maximum Gasteiger partial charge on any atom is 0.125 e. The summed E-state index contributed by atoms with van der Waals surface area (Å²) in [4.78, 5) is 2.49. The molecule has 0 spiro atoms. The third kappa shape index (κ3) is 3.24. The average molecular weight is 248 g/mol. The van der Waals surface area contributed by atoms with E-state index in [1.54, 1.807) is 0 Å². The predicted molar refractivity (Wildman–Crippen MR) is 75.3 cm³/mol. The van der Waals surface area contributed by atoms with Crippen LogP contribution in [0, 0.1) is 13.8 Å². The molecular formula is C15H24N2O. The zero-order valence-corrected chi connectivity index (χ0v) is 11.7. The summed E-state index contributed by atoms with van der Waals surface area (Å²) in [5.41, 5.74) is 2.45. The van der Waals surface area contributed by atoms with Crippen LogP contribution in [0.4, 0.5) is 0 Å². The number of aryl methyl sites for hydroxylation is 2. The van der Waals surface area contributed by atoms with E-state index in [0.717, 1.165) is 38.5 Å². The van der Waals surface area contributed by atoms with Crippen molar-refractivity contribution in [1.29, 1.82) is 0 Å². The Balaban J connectivity index is 1.84. The van der Waals surface area contributed by atoms with Crippen molar-refractivity contribution in [3.05, 3.63) is 29.3 Å². The minimum atomic E-state index is 0.611. The summed E-state index contributed by atoms with van der Waals surface area (Å²) in [6.07, 6.45) is 0. The van der Waals surface area contributed by atoms with Gasteiger partial charge in [0.2, 0.25) is 0 Å². The second kappa shape index (κ2) is 6.21. The van der Waals surface area contributed by atoms with Crippen LogP contribution in [0.5, 0.6) is 5.75 Å². The van der Waals surface area contributed by atoms with E-state index in [1.807, 2.05) is 0 Å². The number of para-hydroxylation sites is 1. The summed E-state index contributed by atoms with van der Waals surface area (Å²) in [7, 11) is 0. The normalized spacial score (nSPS) is 20.9. The van der Waals surface area contributed by atoms with Crippen LogP contribution in [0.1, 0.15) is 18.1 Å². The van der Waals surface area contributed by atoms with Gasteiger partial charge < -0.3 is 10.1 Å². The highest BCUT2D eigenvalue weighted by Crippen LogP contribution is 2.22. The van der Waals surface area contributed by atoms with Gasteiger partial charge in [-0.15, -0.1) is 0 Å². The number of benzene rings is 1. The van der Waals surface area contributed by atoms with Crippen molar-refractivity contribution in [3.63, 3.8) is 0 Å². The van der Waals surface area contributed by atoms with E-state index in [1.165, 1.54) is 11.1 Å². The molecule has 0 aromatic heterocycles. The molecule has 1 N–H and O–H groups in total. The summed E-state index contributed by atoms with van der Waals surface area (Å²) in [5, 5.41) is 3.41. The molecule has 1 aromatic carbocycles. The van der Waals surface area contributed by atoms with E-state index < -0.39 is 0 Å². The summed E-state index contributed by atoms with van der Waals surface area (Å²) >= 11 is 0. The molecule has 0 unspecified atom stereocenters. The molecule has 0 bridgehead atoms. The topological polar surface area (TPSA) is 24.5 Å². The molecule has 1 aliphatic rings. The molecule has 1 heterocycles. The lowest BCUT2D eigenvalue weighted by Gasteiger charge is -2.33. The van der Waals surface area contributed by atoms with Crippen LogP contribution in [0.15, 0.2) is 18.2 Å². The van der Waals surface area contributed by atoms with Crippen molar-refractivity contribution >= 4 is 0 Å². The number of piperazine rings is 1. The molecule has 1 atom stereocenters. The molecule has 0 saturated carbocycles. The first kappa shape index (κ1) is 13.4. The van der Waals surface area contributed by atoms with Crippen molar-refractivity contribution < 1.29 is 4.74 Å². The Hall–Kier alpha value is -1.06. The van der Waals surface area contributed by atoms with E-state index in [2.05, 4.69) is 49.2 Å². The Morgan fingerprint density at radius 3 is 2.72 bits per heavy atom. The van der Waals surface area contributed by atoms with Gasteiger partial charge >= 0.3 is 0 Å². The fourth-order valence-electron chi connectivity index (χ4n) is 2.51. The van der Waals surface area contributed by atoms with Crippen molar-refractivity contribution in [2.45, 2.75) is 26.8 Å². The number of ether oxygens (including phenoxy) is 1. The van der Waals surface area contributed by atoms with Crippen molar-refractivity contribution in [3.8, 4) is 5.75 Å². The van der Waals surface area contributed by atoms with Gasteiger partial charge in [-0.05, 0) is 31.9 Å². The van der Waals surface area contributed by atoms with E-state index in [-0.39, 0.29) is 0 Å². The lowest BCUT2D eigenvalue weighted by Crippen LogP contribution is -2.50. The largest absolute Gasteiger partial charge is 0.492 e. The summed E-state index contributed by atoms with van der Waals surface area (Å²) in [6, 6.07) is 6.90. The molecule has 1 fully saturated rings. The van der Waals surface area contributed by atoms with Crippen molar-refractivity contribution in [2.24, 2.45) is 0 Å². The lowest BCUT2D eigenvalue weighted by molar-refractivity contribution is 0.143. The van der Waals surface area contributed by atoms with E-state index in [0.29, 0.717) is 6.04 Å². The molecule has 0 aliphatic carbocycles. The lowest BCUT2D eigenvalue weighted by atomic mass is 10.1. The number of nitrogens with zero attached hydrogens (tertiary/aromatic N) is 1. The molecule has 0 radical (unpaired) electrons. The van der Waals surface area contributed by atoms with Crippen molar-refractivity contribution in [2.75, 3.05) is 32.8 Å². The molecule has 2 rings (SSSR count). The van der Waals surface area contributed by atoms with Gasteiger partial charge in [0.1, 0.15) is 12.4 Å².